The van der Waals surface area contributed by atoms with Crippen molar-refractivity contribution in [3.8, 4) is 0 Å². The van der Waals surface area contributed by atoms with Crippen molar-refractivity contribution in [1.82, 2.24) is 0 Å². The first-order valence-corrected chi connectivity index (χ1v) is 5.85. The minimum Gasteiger partial charge on any atom is -0.392 e. The van der Waals surface area contributed by atoms with Gasteiger partial charge < -0.3 is 5.11 Å². The molecule has 1 unspecified atom stereocenters. The van der Waals surface area contributed by atoms with E-state index in [0.29, 0.717) is 10.0 Å². The summed E-state index contributed by atoms with van der Waals surface area (Å²) in [7, 11) is 0. The van der Waals surface area contributed by atoms with Crippen LogP contribution in [0.3, 0.4) is 0 Å². The van der Waals surface area contributed by atoms with Crippen molar-refractivity contribution in [2.45, 2.75) is 18.4 Å². The summed E-state index contributed by atoms with van der Waals surface area (Å²) in [6.45, 7) is 1.71. The van der Waals surface area contributed by atoms with Crippen molar-refractivity contribution >= 4 is 37.6 Å². The Hall–Kier alpha value is -0.190. The Balaban J connectivity index is 3.16. The second kappa shape index (κ2) is 5.05. The molecule has 2 nitrogen and oxygen atoms in total. The molecule has 0 radical (unpaired) electrons. The average Bonchev–Trinajstić information content (AvgIpc) is 2.17. The number of rotatable bonds is 3. The first-order valence-electron chi connectivity index (χ1n) is 4.14. The molecule has 1 atom stereocenters. The normalized spacial score (nSPS) is 12.6. The van der Waals surface area contributed by atoms with Crippen LogP contribution in [0.4, 0.5) is 0 Å². The van der Waals surface area contributed by atoms with Gasteiger partial charge in [-0.15, -0.1) is 0 Å². The lowest BCUT2D eigenvalue weighted by molar-refractivity contribution is 0.0995. The fraction of sp³-hybridized carbons (Fsp3) is 0.300. The smallest absolute Gasteiger partial charge is 0.177 e. The molecule has 0 fully saturated rings. The average molecular weight is 322 g/mol. The summed E-state index contributed by atoms with van der Waals surface area (Å²) in [6.07, 6.45) is 0. The topological polar surface area (TPSA) is 37.3 Å². The summed E-state index contributed by atoms with van der Waals surface area (Å²) in [5.74, 6) is 0.00664. The van der Waals surface area contributed by atoms with Gasteiger partial charge in [-0.1, -0.05) is 34.1 Å². The molecule has 1 aromatic rings. The number of aliphatic hydroxyl groups is 1. The Kier molecular flexibility index (Phi) is 4.29. The zero-order valence-corrected chi connectivity index (χ0v) is 10.8. The number of hydrogen-bond donors (Lipinski definition) is 1. The van der Waals surface area contributed by atoms with E-state index >= 15 is 0 Å². The third-order valence-corrected chi connectivity index (χ3v) is 3.23. The highest BCUT2D eigenvalue weighted by atomic mass is 79.9. The van der Waals surface area contributed by atoms with Crippen molar-refractivity contribution in [2.75, 3.05) is 0 Å². The van der Waals surface area contributed by atoms with E-state index in [1.807, 2.05) is 0 Å². The van der Waals surface area contributed by atoms with E-state index in [4.69, 9.17) is 5.11 Å². The third-order valence-electron chi connectivity index (χ3n) is 1.88. The third kappa shape index (κ3) is 2.43. The number of hydrogen-bond acceptors (Lipinski definition) is 2. The maximum absolute atomic E-state index is 11.7. The molecular weight excluding hydrogens is 312 g/mol. The van der Waals surface area contributed by atoms with Gasteiger partial charge in [-0.2, -0.15) is 0 Å². The van der Waals surface area contributed by atoms with Crippen molar-refractivity contribution in [3.63, 3.8) is 0 Å². The summed E-state index contributed by atoms with van der Waals surface area (Å²) >= 11 is 6.53. The number of halogens is 2. The Morgan fingerprint density at radius 1 is 1.57 bits per heavy atom. The number of ketones is 1. The number of carbonyl (C=O) groups is 1. The fourth-order valence-corrected chi connectivity index (χ4v) is 1.94. The predicted molar refractivity (Wildman–Crippen MR) is 62.8 cm³/mol. The summed E-state index contributed by atoms with van der Waals surface area (Å²) in [5, 5.41) is 9.01. The molecule has 4 heteroatoms. The van der Waals surface area contributed by atoms with Crippen LogP contribution in [0, 0.1) is 0 Å². The molecule has 76 valence electrons. The van der Waals surface area contributed by atoms with Gasteiger partial charge in [-0.3, -0.25) is 4.79 Å². The minimum atomic E-state index is -0.215. The summed E-state index contributed by atoms with van der Waals surface area (Å²) in [5.41, 5.74) is 1.32. The zero-order valence-electron chi connectivity index (χ0n) is 7.63. The van der Waals surface area contributed by atoms with Gasteiger partial charge in [-0.05, 0) is 28.4 Å². The number of alkyl halides is 1. The number of carbonyl (C=O) groups excluding carboxylic acids is 1. The quantitative estimate of drug-likeness (QED) is 0.686. The van der Waals surface area contributed by atoms with Gasteiger partial charge in [0.15, 0.2) is 5.78 Å². The number of benzene rings is 1. The molecule has 1 N–H and O–H groups in total. The highest BCUT2D eigenvalue weighted by Crippen LogP contribution is 2.24. The van der Waals surface area contributed by atoms with Gasteiger partial charge in [0.05, 0.1) is 11.4 Å². The van der Waals surface area contributed by atoms with Gasteiger partial charge in [0.2, 0.25) is 0 Å². The van der Waals surface area contributed by atoms with Crippen LogP contribution in [0.1, 0.15) is 22.8 Å². The minimum absolute atomic E-state index is 0.00664. The monoisotopic (exact) mass is 320 g/mol. The van der Waals surface area contributed by atoms with Gasteiger partial charge in [0, 0.05) is 10.0 Å². The lowest BCUT2D eigenvalue weighted by Crippen LogP contribution is -2.11. The molecule has 0 bridgehead atoms. The molecule has 0 saturated carbocycles. The van der Waals surface area contributed by atoms with Gasteiger partial charge in [-0.25, -0.2) is 0 Å². The lowest BCUT2D eigenvalue weighted by Gasteiger charge is -2.08. The van der Waals surface area contributed by atoms with E-state index in [-0.39, 0.29) is 17.2 Å². The highest BCUT2D eigenvalue weighted by molar-refractivity contribution is 9.10. The number of Topliss-reactive ketones (excluding diaryl/α,β-unsaturated/α-hetero) is 1. The molecule has 14 heavy (non-hydrogen) atoms. The molecule has 0 saturated heterocycles. The Labute approximate surface area is 99.6 Å². The fourth-order valence-electron chi connectivity index (χ4n) is 1.11. The summed E-state index contributed by atoms with van der Waals surface area (Å²) in [6, 6.07) is 5.28. The Morgan fingerprint density at radius 2 is 2.21 bits per heavy atom. The van der Waals surface area contributed by atoms with Crippen LogP contribution in [-0.2, 0) is 6.61 Å². The SMILES string of the molecule is CC(Br)C(=O)c1cccc(CO)c1Br. The standard InChI is InChI=1S/C10H10Br2O2/c1-6(11)10(14)8-4-2-3-7(5-13)9(8)12/h2-4,6,13H,5H2,1H3. The molecule has 0 heterocycles. The second-order valence-electron chi connectivity index (χ2n) is 2.92. The van der Waals surface area contributed by atoms with Gasteiger partial charge in [0.25, 0.3) is 0 Å². The summed E-state index contributed by atoms with van der Waals surface area (Å²) < 4.78 is 0.679. The van der Waals surface area contributed by atoms with Crippen molar-refractivity contribution < 1.29 is 9.90 Å². The van der Waals surface area contributed by atoms with Crippen LogP contribution in [0.2, 0.25) is 0 Å². The molecular formula is C10H10Br2O2. The number of aliphatic hydroxyl groups excluding tert-OH is 1. The second-order valence-corrected chi connectivity index (χ2v) is 5.08. The van der Waals surface area contributed by atoms with Gasteiger partial charge >= 0.3 is 0 Å². The van der Waals surface area contributed by atoms with E-state index in [9.17, 15) is 4.79 Å². The van der Waals surface area contributed by atoms with Crippen molar-refractivity contribution in [2.24, 2.45) is 0 Å². The van der Waals surface area contributed by atoms with Crippen LogP contribution in [0.5, 0.6) is 0 Å². The Morgan fingerprint density at radius 3 is 2.71 bits per heavy atom. The van der Waals surface area contributed by atoms with E-state index in [2.05, 4.69) is 31.9 Å². The predicted octanol–water partition coefficient (Wildman–Crippen LogP) is 2.91. The molecule has 0 spiro atoms. The molecule has 1 rings (SSSR count). The van der Waals surface area contributed by atoms with Crippen LogP contribution in [0.25, 0.3) is 0 Å². The van der Waals surface area contributed by atoms with Gasteiger partial charge in [0.1, 0.15) is 0 Å². The molecule has 1 aromatic carbocycles. The molecule has 0 aliphatic carbocycles. The molecule has 0 aromatic heterocycles. The first-order chi connectivity index (χ1) is 6.57. The van der Waals surface area contributed by atoms with Crippen LogP contribution in [-0.4, -0.2) is 15.7 Å². The largest absolute Gasteiger partial charge is 0.392 e. The van der Waals surface area contributed by atoms with Crippen LogP contribution >= 0.6 is 31.9 Å². The maximum Gasteiger partial charge on any atom is 0.177 e. The summed E-state index contributed by atoms with van der Waals surface area (Å²) in [4.78, 5) is 11.5. The van der Waals surface area contributed by atoms with E-state index in [1.54, 1.807) is 25.1 Å². The maximum atomic E-state index is 11.7. The van der Waals surface area contributed by atoms with E-state index < -0.39 is 0 Å². The van der Waals surface area contributed by atoms with Crippen LogP contribution in [0.15, 0.2) is 22.7 Å². The van der Waals surface area contributed by atoms with Crippen molar-refractivity contribution in [1.29, 1.82) is 0 Å². The molecule has 0 aliphatic rings. The van der Waals surface area contributed by atoms with Crippen molar-refractivity contribution in [3.05, 3.63) is 33.8 Å². The highest BCUT2D eigenvalue weighted by Gasteiger charge is 2.16. The molecule has 0 aliphatic heterocycles. The Bertz CT molecular complexity index is 348. The molecule has 0 amide bonds. The first kappa shape index (κ1) is 11.9. The van der Waals surface area contributed by atoms with Crippen LogP contribution < -0.4 is 0 Å². The lowest BCUT2D eigenvalue weighted by atomic mass is 10.1. The van der Waals surface area contributed by atoms with E-state index in [1.165, 1.54) is 0 Å². The zero-order chi connectivity index (χ0) is 10.7. The van der Waals surface area contributed by atoms with E-state index in [0.717, 1.165) is 5.56 Å².